The number of aryl methyl sites for hydroxylation is 1. The minimum absolute atomic E-state index is 0.161. The minimum Gasteiger partial charge on any atom is -0.382 e. The first kappa shape index (κ1) is 11.4. The molecule has 0 spiro atoms. The van der Waals surface area contributed by atoms with Crippen LogP contribution in [-0.4, -0.2) is 18.1 Å². The molecule has 14 heavy (non-hydrogen) atoms. The fourth-order valence-corrected chi connectivity index (χ4v) is 1.78. The first-order valence-electron chi connectivity index (χ1n) is 4.82. The highest BCUT2D eigenvalue weighted by molar-refractivity contribution is 7.99. The summed E-state index contributed by atoms with van der Waals surface area (Å²) in [5.74, 6) is 1.97. The molecule has 0 aliphatic carbocycles. The Hall–Kier alpha value is -0.700. The second kappa shape index (κ2) is 5.91. The summed E-state index contributed by atoms with van der Waals surface area (Å²) in [5, 5.41) is 3.12. The van der Waals surface area contributed by atoms with Crippen molar-refractivity contribution < 1.29 is 4.39 Å². The summed E-state index contributed by atoms with van der Waals surface area (Å²) in [6.07, 6.45) is 0. The molecule has 0 aliphatic rings. The molecule has 0 radical (unpaired) electrons. The SMILES string of the molecule is CCSCCNc1c(C)cccc1F. The Labute approximate surface area is 89.1 Å². The predicted octanol–water partition coefficient (Wildman–Crippen LogP) is 3.30. The molecule has 1 rings (SSSR count). The molecule has 0 aromatic heterocycles. The lowest BCUT2D eigenvalue weighted by Gasteiger charge is -2.09. The van der Waals surface area contributed by atoms with E-state index in [1.54, 1.807) is 6.07 Å². The highest BCUT2D eigenvalue weighted by atomic mass is 32.2. The maximum Gasteiger partial charge on any atom is 0.146 e. The standard InChI is InChI=1S/C11H16FNS/c1-3-14-8-7-13-11-9(2)5-4-6-10(11)12/h4-6,13H,3,7-8H2,1-2H3. The van der Waals surface area contributed by atoms with Crippen molar-refractivity contribution in [2.45, 2.75) is 13.8 Å². The fraction of sp³-hybridized carbons (Fsp3) is 0.455. The molecular weight excluding hydrogens is 197 g/mol. The Bertz CT molecular complexity index is 268. The second-order valence-electron chi connectivity index (χ2n) is 3.06. The monoisotopic (exact) mass is 213 g/mol. The zero-order valence-corrected chi connectivity index (χ0v) is 9.46. The molecule has 1 N–H and O–H groups in total. The van der Waals surface area contributed by atoms with Gasteiger partial charge in [-0.1, -0.05) is 19.1 Å². The van der Waals surface area contributed by atoms with Crippen LogP contribution >= 0.6 is 11.8 Å². The molecule has 0 heterocycles. The van der Waals surface area contributed by atoms with E-state index in [0.717, 1.165) is 23.6 Å². The molecule has 0 unspecified atom stereocenters. The van der Waals surface area contributed by atoms with E-state index < -0.39 is 0 Å². The highest BCUT2D eigenvalue weighted by Gasteiger charge is 2.02. The number of para-hydroxylation sites is 1. The number of nitrogens with one attached hydrogen (secondary N) is 1. The van der Waals surface area contributed by atoms with Crippen molar-refractivity contribution in [2.24, 2.45) is 0 Å². The van der Waals surface area contributed by atoms with E-state index in [2.05, 4.69) is 12.2 Å². The van der Waals surface area contributed by atoms with E-state index >= 15 is 0 Å². The van der Waals surface area contributed by atoms with Crippen LogP contribution in [-0.2, 0) is 0 Å². The molecule has 1 aromatic carbocycles. The van der Waals surface area contributed by atoms with Crippen LogP contribution in [0.5, 0.6) is 0 Å². The topological polar surface area (TPSA) is 12.0 Å². The normalized spacial score (nSPS) is 10.2. The average Bonchev–Trinajstić information content (AvgIpc) is 2.16. The summed E-state index contributed by atoms with van der Waals surface area (Å²) in [4.78, 5) is 0. The zero-order valence-electron chi connectivity index (χ0n) is 8.64. The van der Waals surface area contributed by atoms with Crippen LogP contribution in [0.4, 0.5) is 10.1 Å². The quantitative estimate of drug-likeness (QED) is 0.753. The van der Waals surface area contributed by atoms with Gasteiger partial charge in [-0.2, -0.15) is 11.8 Å². The molecule has 0 atom stereocenters. The molecule has 78 valence electrons. The second-order valence-corrected chi connectivity index (χ2v) is 4.45. The Kier molecular flexibility index (Phi) is 4.80. The van der Waals surface area contributed by atoms with Gasteiger partial charge in [0.2, 0.25) is 0 Å². The fourth-order valence-electron chi connectivity index (χ4n) is 1.25. The molecule has 0 saturated heterocycles. The predicted molar refractivity (Wildman–Crippen MR) is 62.6 cm³/mol. The lowest BCUT2D eigenvalue weighted by Crippen LogP contribution is -2.07. The van der Waals surface area contributed by atoms with Gasteiger partial charge in [-0.25, -0.2) is 4.39 Å². The molecule has 0 aliphatic heterocycles. The Morgan fingerprint density at radius 1 is 1.43 bits per heavy atom. The maximum atomic E-state index is 13.3. The summed E-state index contributed by atoms with van der Waals surface area (Å²) in [5.41, 5.74) is 1.61. The van der Waals surface area contributed by atoms with Crippen molar-refractivity contribution in [1.29, 1.82) is 0 Å². The molecule has 1 nitrogen and oxygen atoms in total. The van der Waals surface area contributed by atoms with Gasteiger partial charge in [-0.3, -0.25) is 0 Å². The molecule has 0 saturated carbocycles. The number of halogens is 1. The third-order valence-electron chi connectivity index (χ3n) is 1.97. The first-order valence-corrected chi connectivity index (χ1v) is 5.98. The molecule has 0 amide bonds. The van der Waals surface area contributed by atoms with E-state index in [0.29, 0.717) is 5.69 Å². The van der Waals surface area contributed by atoms with Gasteiger partial charge in [0.25, 0.3) is 0 Å². The van der Waals surface area contributed by atoms with Crippen molar-refractivity contribution in [3.8, 4) is 0 Å². The largest absolute Gasteiger partial charge is 0.382 e. The van der Waals surface area contributed by atoms with Gasteiger partial charge in [0.1, 0.15) is 5.82 Å². The number of rotatable bonds is 5. The summed E-state index contributed by atoms with van der Waals surface area (Å²) in [6, 6.07) is 5.14. The van der Waals surface area contributed by atoms with Gasteiger partial charge in [0.15, 0.2) is 0 Å². The lowest BCUT2D eigenvalue weighted by atomic mass is 10.2. The van der Waals surface area contributed by atoms with Gasteiger partial charge in [0, 0.05) is 12.3 Å². The van der Waals surface area contributed by atoms with Crippen LogP contribution in [0.3, 0.4) is 0 Å². The summed E-state index contributed by atoms with van der Waals surface area (Å²) in [7, 11) is 0. The molecule has 0 fully saturated rings. The van der Waals surface area contributed by atoms with Crippen molar-refractivity contribution in [2.75, 3.05) is 23.4 Å². The van der Waals surface area contributed by atoms with Crippen molar-refractivity contribution in [1.82, 2.24) is 0 Å². The maximum absolute atomic E-state index is 13.3. The summed E-state index contributed by atoms with van der Waals surface area (Å²) < 4.78 is 13.3. The van der Waals surface area contributed by atoms with Gasteiger partial charge < -0.3 is 5.32 Å². The van der Waals surface area contributed by atoms with Crippen LogP contribution in [0.2, 0.25) is 0 Å². The van der Waals surface area contributed by atoms with Crippen LogP contribution < -0.4 is 5.32 Å². The number of hydrogen-bond acceptors (Lipinski definition) is 2. The van der Waals surface area contributed by atoms with E-state index in [9.17, 15) is 4.39 Å². The molecular formula is C11H16FNS. The van der Waals surface area contributed by atoms with Gasteiger partial charge in [-0.05, 0) is 24.3 Å². The van der Waals surface area contributed by atoms with Crippen LogP contribution in [0, 0.1) is 12.7 Å². The van der Waals surface area contributed by atoms with E-state index in [-0.39, 0.29) is 5.82 Å². The Morgan fingerprint density at radius 3 is 2.86 bits per heavy atom. The average molecular weight is 213 g/mol. The number of thioether (sulfide) groups is 1. The van der Waals surface area contributed by atoms with Gasteiger partial charge in [-0.15, -0.1) is 0 Å². The van der Waals surface area contributed by atoms with Crippen LogP contribution in [0.15, 0.2) is 18.2 Å². The highest BCUT2D eigenvalue weighted by Crippen LogP contribution is 2.18. The zero-order chi connectivity index (χ0) is 10.4. The van der Waals surface area contributed by atoms with Gasteiger partial charge in [0.05, 0.1) is 5.69 Å². The molecule has 0 bridgehead atoms. The van der Waals surface area contributed by atoms with Gasteiger partial charge >= 0.3 is 0 Å². The van der Waals surface area contributed by atoms with Crippen molar-refractivity contribution in [3.63, 3.8) is 0 Å². The third kappa shape index (κ3) is 3.22. The first-order chi connectivity index (χ1) is 6.75. The van der Waals surface area contributed by atoms with Crippen LogP contribution in [0.1, 0.15) is 12.5 Å². The smallest absolute Gasteiger partial charge is 0.146 e. The molecule has 3 heteroatoms. The Morgan fingerprint density at radius 2 is 2.21 bits per heavy atom. The summed E-state index contributed by atoms with van der Waals surface area (Å²) in [6.45, 7) is 4.86. The summed E-state index contributed by atoms with van der Waals surface area (Å²) >= 11 is 1.85. The van der Waals surface area contributed by atoms with E-state index in [4.69, 9.17) is 0 Å². The van der Waals surface area contributed by atoms with Crippen molar-refractivity contribution in [3.05, 3.63) is 29.6 Å². The third-order valence-corrected chi connectivity index (χ3v) is 2.88. The lowest BCUT2D eigenvalue weighted by molar-refractivity contribution is 0.629. The minimum atomic E-state index is -0.161. The van der Waals surface area contributed by atoms with Crippen LogP contribution in [0.25, 0.3) is 0 Å². The van der Waals surface area contributed by atoms with Crippen molar-refractivity contribution >= 4 is 17.4 Å². The van der Waals surface area contributed by atoms with E-state index in [1.165, 1.54) is 6.07 Å². The molecule has 1 aromatic rings. The number of benzene rings is 1. The van der Waals surface area contributed by atoms with E-state index in [1.807, 2.05) is 24.8 Å². The Balaban J connectivity index is 2.49. The number of anilines is 1. The number of hydrogen-bond donors (Lipinski definition) is 1.